The van der Waals surface area contributed by atoms with Crippen LogP contribution in [0.2, 0.25) is 0 Å². The molecule has 2 aliphatic heterocycles. The predicted octanol–water partition coefficient (Wildman–Crippen LogP) is 1.29. The minimum atomic E-state index is -0.00679. The van der Waals surface area contributed by atoms with Crippen molar-refractivity contribution < 1.29 is 18.8 Å². The first kappa shape index (κ1) is 21.8. The van der Waals surface area contributed by atoms with E-state index in [2.05, 4.69) is 15.0 Å². The summed E-state index contributed by atoms with van der Waals surface area (Å²) in [6.07, 6.45) is 0. The lowest BCUT2D eigenvalue weighted by molar-refractivity contribution is -0.134. The van der Waals surface area contributed by atoms with E-state index in [1.54, 1.807) is 6.92 Å². The molecule has 2 aromatic rings. The third-order valence-electron chi connectivity index (χ3n) is 5.43. The molecule has 166 valence electrons. The van der Waals surface area contributed by atoms with Gasteiger partial charge in [0.25, 0.3) is 5.91 Å². The van der Waals surface area contributed by atoms with E-state index < -0.39 is 0 Å². The van der Waals surface area contributed by atoms with Gasteiger partial charge in [-0.3, -0.25) is 14.5 Å². The van der Waals surface area contributed by atoms with Crippen molar-refractivity contribution in [1.82, 2.24) is 24.8 Å². The number of carbonyl (C=O) groups excluding carboxylic acids is 2. The smallest absolute Gasteiger partial charge is 0.255 e. The Labute approximate surface area is 185 Å². The van der Waals surface area contributed by atoms with Crippen molar-refractivity contribution in [3.05, 3.63) is 41.5 Å². The minimum Gasteiger partial charge on any atom is -0.379 e. The van der Waals surface area contributed by atoms with E-state index in [0.29, 0.717) is 69.0 Å². The molecular formula is C21H27N5O4S. The van der Waals surface area contributed by atoms with Crippen molar-refractivity contribution in [3.63, 3.8) is 0 Å². The second-order valence-electron chi connectivity index (χ2n) is 7.58. The Kier molecular flexibility index (Phi) is 7.21. The molecule has 10 heteroatoms. The van der Waals surface area contributed by atoms with Crippen LogP contribution in [0.15, 0.2) is 33.7 Å². The first-order chi connectivity index (χ1) is 15.1. The molecule has 0 spiro atoms. The normalized spacial score (nSPS) is 17.7. The number of benzene rings is 1. The van der Waals surface area contributed by atoms with Crippen LogP contribution in [0.25, 0.3) is 0 Å². The number of hydrogen-bond acceptors (Lipinski definition) is 8. The molecule has 0 saturated carbocycles. The first-order valence-corrected chi connectivity index (χ1v) is 11.5. The molecule has 0 aliphatic carbocycles. The number of thioether (sulfide) groups is 1. The maximum Gasteiger partial charge on any atom is 0.255 e. The Hall–Kier alpha value is -2.43. The van der Waals surface area contributed by atoms with E-state index >= 15 is 0 Å². The fraction of sp³-hybridized carbons (Fsp3) is 0.524. The molecule has 2 aliphatic rings. The quantitative estimate of drug-likeness (QED) is 0.614. The Balaban J connectivity index is 1.31. The molecule has 2 amide bonds. The monoisotopic (exact) mass is 445 g/mol. The number of nitrogens with zero attached hydrogens (tertiary/aromatic N) is 5. The number of aryl methyl sites for hydroxylation is 1. The molecule has 0 radical (unpaired) electrons. The summed E-state index contributed by atoms with van der Waals surface area (Å²) in [5.41, 5.74) is 0.667. The predicted molar refractivity (Wildman–Crippen MR) is 115 cm³/mol. The topological polar surface area (TPSA) is 92.0 Å². The van der Waals surface area contributed by atoms with Gasteiger partial charge >= 0.3 is 0 Å². The van der Waals surface area contributed by atoms with Crippen LogP contribution < -0.4 is 0 Å². The third kappa shape index (κ3) is 5.63. The van der Waals surface area contributed by atoms with Gasteiger partial charge in [-0.05, 0) is 12.1 Å². The van der Waals surface area contributed by atoms with Crippen LogP contribution in [0.5, 0.6) is 0 Å². The van der Waals surface area contributed by atoms with Gasteiger partial charge in [0.15, 0.2) is 5.82 Å². The van der Waals surface area contributed by atoms with Crippen LogP contribution in [0.1, 0.15) is 22.1 Å². The number of aromatic nitrogens is 2. The van der Waals surface area contributed by atoms with Gasteiger partial charge in [-0.25, -0.2) is 0 Å². The Bertz CT molecular complexity index is 907. The summed E-state index contributed by atoms with van der Waals surface area (Å²) in [7, 11) is 0. The maximum absolute atomic E-state index is 13.2. The molecule has 1 aromatic heterocycles. The van der Waals surface area contributed by atoms with Gasteiger partial charge in [0, 0.05) is 51.1 Å². The molecular weight excluding hydrogens is 418 g/mol. The molecule has 9 nitrogen and oxygen atoms in total. The second-order valence-corrected chi connectivity index (χ2v) is 8.59. The van der Waals surface area contributed by atoms with Gasteiger partial charge in [-0.2, -0.15) is 4.98 Å². The van der Waals surface area contributed by atoms with Gasteiger partial charge in [-0.15, -0.1) is 11.8 Å². The summed E-state index contributed by atoms with van der Waals surface area (Å²) in [6.45, 7) is 7.32. The zero-order valence-electron chi connectivity index (χ0n) is 17.7. The molecule has 31 heavy (non-hydrogen) atoms. The van der Waals surface area contributed by atoms with E-state index in [4.69, 9.17) is 9.26 Å². The van der Waals surface area contributed by atoms with Crippen LogP contribution in [-0.4, -0.2) is 95.7 Å². The van der Waals surface area contributed by atoms with Crippen LogP contribution in [0, 0.1) is 6.92 Å². The number of carbonyl (C=O) groups is 2. The number of piperazine rings is 1. The Morgan fingerprint density at radius 3 is 2.45 bits per heavy atom. The van der Waals surface area contributed by atoms with Crippen molar-refractivity contribution in [1.29, 1.82) is 0 Å². The van der Waals surface area contributed by atoms with Crippen molar-refractivity contribution in [2.45, 2.75) is 17.6 Å². The summed E-state index contributed by atoms with van der Waals surface area (Å²) < 4.78 is 10.4. The fourth-order valence-corrected chi connectivity index (χ4v) is 4.58. The van der Waals surface area contributed by atoms with E-state index in [9.17, 15) is 9.59 Å². The van der Waals surface area contributed by atoms with Gasteiger partial charge in [-0.1, -0.05) is 17.3 Å². The summed E-state index contributed by atoms with van der Waals surface area (Å²) in [5.74, 6) is 1.79. The molecule has 0 atom stereocenters. The molecule has 1 aromatic carbocycles. The minimum absolute atomic E-state index is 0.00679. The van der Waals surface area contributed by atoms with Crippen LogP contribution in [0.4, 0.5) is 0 Å². The molecule has 0 unspecified atom stereocenters. The standard InChI is InChI=1S/C21H27N5O4S/c1-16-22-19(23-30-16)15-31-18-5-3-2-4-17(18)21(28)26-8-6-25(7-9-26)20(27)14-24-10-12-29-13-11-24/h2-5H,6-15H2,1H3. The number of rotatable bonds is 6. The van der Waals surface area contributed by atoms with Gasteiger partial charge in [0.2, 0.25) is 11.8 Å². The van der Waals surface area contributed by atoms with Gasteiger partial charge in [0.05, 0.1) is 31.1 Å². The molecule has 2 fully saturated rings. The van der Waals surface area contributed by atoms with Crippen molar-refractivity contribution in [3.8, 4) is 0 Å². The average Bonchev–Trinajstić information content (AvgIpc) is 3.23. The summed E-state index contributed by atoms with van der Waals surface area (Å²) in [6, 6.07) is 7.58. The van der Waals surface area contributed by atoms with Crippen LogP contribution in [-0.2, 0) is 15.3 Å². The largest absolute Gasteiger partial charge is 0.379 e. The Morgan fingerprint density at radius 1 is 1.03 bits per heavy atom. The molecule has 2 saturated heterocycles. The molecule has 0 N–H and O–H groups in total. The second kappa shape index (κ2) is 10.3. The highest BCUT2D eigenvalue weighted by molar-refractivity contribution is 7.98. The van der Waals surface area contributed by atoms with Gasteiger partial charge < -0.3 is 19.1 Å². The van der Waals surface area contributed by atoms with E-state index in [1.165, 1.54) is 11.8 Å². The molecule has 4 rings (SSSR count). The highest BCUT2D eigenvalue weighted by Crippen LogP contribution is 2.27. The van der Waals surface area contributed by atoms with Crippen molar-refractivity contribution in [2.75, 3.05) is 59.0 Å². The average molecular weight is 446 g/mol. The van der Waals surface area contributed by atoms with Crippen LogP contribution >= 0.6 is 11.8 Å². The van der Waals surface area contributed by atoms with Crippen molar-refractivity contribution >= 4 is 23.6 Å². The third-order valence-corrected chi connectivity index (χ3v) is 6.50. The zero-order chi connectivity index (χ0) is 21.6. The summed E-state index contributed by atoms with van der Waals surface area (Å²) in [5, 5.41) is 3.91. The van der Waals surface area contributed by atoms with E-state index in [-0.39, 0.29) is 11.8 Å². The van der Waals surface area contributed by atoms with Crippen LogP contribution in [0.3, 0.4) is 0 Å². The fourth-order valence-electron chi connectivity index (χ4n) is 3.69. The first-order valence-electron chi connectivity index (χ1n) is 10.5. The summed E-state index contributed by atoms with van der Waals surface area (Å²) in [4.78, 5) is 36.7. The Morgan fingerprint density at radius 2 is 1.74 bits per heavy atom. The van der Waals surface area contributed by atoms with E-state index in [0.717, 1.165) is 18.0 Å². The molecule has 0 bridgehead atoms. The highest BCUT2D eigenvalue weighted by atomic mass is 32.2. The summed E-state index contributed by atoms with van der Waals surface area (Å²) >= 11 is 1.52. The number of ether oxygens (including phenoxy) is 1. The lowest BCUT2D eigenvalue weighted by Gasteiger charge is -2.36. The van der Waals surface area contributed by atoms with Crippen molar-refractivity contribution in [2.24, 2.45) is 0 Å². The number of morpholine rings is 1. The maximum atomic E-state index is 13.2. The number of amides is 2. The highest BCUT2D eigenvalue weighted by Gasteiger charge is 2.27. The number of hydrogen-bond donors (Lipinski definition) is 0. The SMILES string of the molecule is Cc1nc(CSc2ccccc2C(=O)N2CCN(C(=O)CN3CCOCC3)CC2)no1. The molecule has 3 heterocycles. The lowest BCUT2D eigenvalue weighted by Crippen LogP contribution is -2.53. The van der Waals surface area contributed by atoms with Gasteiger partial charge in [0.1, 0.15) is 0 Å². The lowest BCUT2D eigenvalue weighted by atomic mass is 10.1. The zero-order valence-corrected chi connectivity index (χ0v) is 18.5. The van der Waals surface area contributed by atoms with E-state index in [1.807, 2.05) is 34.1 Å².